The lowest BCUT2D eigenvalue weighted by atomic mass is 10.1. The molecule has 0 atom stereocenters. The third-order valence-corrected chi connectivity index (χ3v) is 6.92. The molecule has 3 rings (SSSR count). The molecule has 0 N–H and O–H groups in total. The molecular weight excluding hydrogens is 578 g/mol. The lowest BCUT2D eigenvalue weighted by Crippen LogP contribution is -2.10. The fraction of sp³-hybridized carbons (Fsp3) is 0.308. The maximum atomic E-state index is 12.0. The first-order valence-electron chi connectivity index (χ1n) is 16.1. The van der Waals surface area contributed by atoms with Crippen LogP contribution in [0.15, 0.2) is 91.0 Å². The van der Waals surface area contributed by atoms with Gasteiger partial charge < -0.3 is 19.1 Å². The Hall–Kier alpha value is -4.91. The van der Waals surface area contributed by atoms with Gasteiger partial charge in [-0.15, -0.1) is 0 Å². The summed E-state index contributed by atoms with van der Waals surface area (Å²) in [6.45, 7) is 7.41. The minimum absolute atomic E-state index is 0.356. The van der Waals surface area contributed by atoms with E-state index in [9.17, 15) is 14.4 Å². The molecule has 0 saturated heterocycles. The normalized spacial score (nSPS) is 11.3. The van der Waals surface area contributed by atoms with Gasteiger partial charge >= 0.3 is 17.9 Å². The van der Waals surface area contributed by atoms with Crippen LogP contribution in [0.25, 0.3) is 18.2 Å². The van der Waals surface area contributed by atoms with E-state index >= 15 is 0 Å². The predicted molar refractivity (Wildman–Crippen MR) is 186 cm³/mol. The Morgan fingerprint density at radius 2 is 0.739 bits per heavy atom. The summed E-state index contributed by atoms with van der Waals surface area (Å²) in [7, 11) is 0. The molecule has 0 spiro atoms. The third-order valence-electron chi connectivity index (χ3n) is 6.92. The van der Waals surface area contributed by atoms with Crippen molar-refractivity contribution in [1.29, 1.82) is 0 Å². The number of unbranched alkanes of at least 4 members (excludes halogenated alkanes) is 3. The van der Waals surface area contributed by atoms with Crippen LogP contribution in [-0.2, 0) is 28.6 Å². The summed E-state index contributed by atoms with van der Waals surface area (Å²) in [5.74, 6) is -1.07. The molecule has 0 aliphatic heterocycles. The van der Waals surface area contributed by atoms with Crippen LogP contribution in [0.4, 0.5) is 17.1 Å². The van der Waals surface area contributed by atoms with Gasteiger partial charge in [0.1, 0.15) is 0 Å². The van der Waals surface area contributed by atoms with Crippen LogP contribution >= 0.6 is 0 Å². The molecule has 0 aliphatic rings. The number of carbonyl (C=O) groups is 3. The van der Waals surface area contributed by atoms with Crippen molar-refractivity contribution in [2.75, 3.05) is 24.7 Å². The van der Waals surface area contributed by atoms with Crippen LogP contribution in [0.5, 0.6) is 0 Å². The highest BCUT2D eigenvalue weighted by Gasteiger charge is 2.13. The number of anilines is 3. The second-order valence-corrected chi connectivity index (χ2v) is 10.7. The average Bonchev–Trinajstić information content (AvgIpc) is 3.07. The second-order valence-electron chi connectivity index (χ2n) is 10.7. The molecule has 0 aliphatic carbocycles. The topological polar surface area (TPSA) is 82.1 Å². The standard InChI is InChI=1S/C39H45NO6/c1-4-7-28-44-37(41)25-16-31-10-19-34(20-11-31)40(35-21-12-32(13-22-35)17-26-38(42)45-29-8-5-2)36-23-14-33(15-24-36)18-27-39(43)46-30-9-6-3/h10-27H,4-9,28-30H2,1-3H3/b25-16+,26-17+,27-18+. The Kier molecular flexibility index (Phi) is 15.6. The van der Waals surface area contributed by atoms with Crippen molar-refractivity contribution >= 4 is 53.2 Å². The molecule has 0 bridgehead atoms. The van der Waals surface area contributed by atoms with E-state index in [-0.39, 0.29) is 17.9 Å². The van der Waals surface area contributed by atoms with Crippen LogP contribution in [0, 0.1) is 0 Å². The number of rotatable bonds is 18. The molecule has 0 heterocycles. The number of nitrogens with zero attached hydrogens (tertiary/aromatic N) is 1. The first-order valence-corrected chi connectivity index (χ1v) is 16.1. The number of hydrogen-bond acceptors (Lipinski definition) is 7. The maximum absolute atomic E-state index is 12.0. The number of hydrogen-bond donors (Lipinski definition) is 0. The van der Waals surface area contributed by atoms with Crippen LogP contribution in [0.3, 0.4) is 0 Å². The lowest BCUT2D eigenvalue weighted by Gasteiger charge is -2.26. The van der Waals surface area contributed by atoms with Crippen molar-refractivity contribution in [3.05, 3.63) is 108 Å². The smallest absolute Gasteiger partial charge is 0.330 e. The van der Waals surface area contributed by atoms with Gasteiger partial charge in [0.25, 0.3) is 0 Å². The van der Waals surface area contributed by atoms with Crippen molar-refractivity contribution < 1.29 is 28.6 Å². The molecule has 0 radical (unpaired) electrons. The summed E-state index contributed by atoms with van der Waals surface area (Å²) in [5.41, 5.74) is 5.34. The summed E-state index contributed by atoms with van der Waals surface area (Å²) in [4.78, 5) is 38.1. The molecule has 3 aromatic carbocycles. The zero-order valence-corrected chi connectivity index (χ0v) is 27.2. The summed E-state index contributed by atoms with van der Waals surface area (Å²) in [6.07, 6.45) is 15.0. The highest BCUT2D eigenvalue weighted by atomic mass is 16.5. The summed E-state index contributed by atoms with van der Waals surface area (Å²) < 4.78 is 15.6. The van der Waals surface area contributed by atoms with Crippen LogP contribution < -0.4 is 4.90 Å². The van der Waals surface area contributed by atoms with E-state index in [1.54, 1.807) is 18.2 Å². The van der Waals surface area contributed by atoms with E-state index in [1.165, 1.54) is 18.2 Å². The minimum atomic E-state index is -0.356. The van der Waals surface area contributed by atoms with Crippen LogP contribution in [0.2, 0.25) is 0 Å². The first-order chi connectivity index (χ1) is 22.4. The quantitative estimate of drug-likeness (QED) is 0.0605. The van der Waals surface area contributed by atoms with Gasteiger partial charge in [-0.05, 0) is 90.6 Å². The van der Waals surface area contributed by atoms with E-state index in [1.807, 2.05) is 93.6 Å². The van der Waals surface area contributed by atoms with E-state index in [0.29, 0.717) is 19.8 Å². The molecule has 0 amide bonds. The van der Waals surface area contributed by atoms with E-state index in [0.717, 1.165) is 72.3 Å². The largest absolute Gasteiger partial charge is 0.463 e. The monoisotopic (exact) mass is 623 g/mol. The number of carbonyl (C=O) groups excluding carboxylic acids is 3. The highest BCUT2D eigenvalue weighted by molar-refractivity contribution is 5.89. The Morgan fingerprint density at radius 3 is 0.978 bits per heavy atom. The molecule has 3 aromatic rings. The highest BCUT2D eigenvalue weighted by Crippen LogP contribution is 2.35. The SMILES string of the molecule is CCCCOC(=O)/C=C/c1ccc(N(c2ccc(/C=C/C(=O)OCCCC)cc2)c2ccc(/C=C/C(=O)OCCCC)cc2)cc1. The first kappa shape index (κ1) is 35.6. The van der Waals surface area contributed by atoms with Gasteiger partial charge in [-0.25, -0.2) is 14.4 Å². The van der Waals surface area contributed by atoms with Crippen molar-refractivity contribution in [3.63, 3.8) is 0 Å². The molecule has 7 nitrogen and oxygen atoms in total. The molecule has 0 unspecified atom stereocenters. The van der Waals surface area contributed by atoms with Crippen LogP contribution in [-0.4, -0.2) is 37.7 Å². The Balaban J connectivity index is 1.82. The minimum Gasteiger partial charge on any atom is -0.463 e. The van der Waals surface area contributed by atoms with Crippen molar-refractivity contribution in [1.82, 2.24) is 0 Å². The van der Waals surface area contributed by atoms with E-state index in [4.69, 9.17) is 14.2 Å². The average molecular weight is 624 g/mol. The van der Waals surface area contributed by atoms with Crippen molar-refractivity contribution in [3.8, 4) is 0 Å². The fourth-order valence-electron chi connectivity index (χ4n) is 4.24. The molecule has 0 aromatic heterocycles. The van der Waals surface area contributed by atoms with Crippen molar-refractivity contribution in [2.24, 2.45) is 0 Å². The predicted octanol–water partition coefficient (Wildman–Crippen LogP) is 9.23. The molecule has 242 valence electrons. The molecular formula is C39H45NO6. The van der Waals surface area contributed by atoms with Gasteiger partial charge in [-0.3, -0.25) is 0 Å². The molecule has 46 heavy (non-hydrogen) atoms. The zero-order chi connectivity index (χ0) is 33.0. The Labute approximate surface area is 273 Å². The van der Waals surface area contributed by atoms with Gasteiger partial charge in [0.05, 0.1) is 19.8 Å². The van der Waals surface area contributed by atoms with Gasteiger partial charge in [-0.2, -0.15) is 0 Å². The lowest BCUT2D eigenvalue weighted by molar-refractivity contribution is -0.138. The van der Waals surface area contributed by atoms with E-state index in [2.05, 4.69) is 4.90 Å². The van der Waals surface area contributed by atoms with Gasteiger partial charge in [-0.1, -0.05) is 76.4 Å². The zero-order valence-electron chi connectivity index (χ0n) is 27.2. The molecule has 7 heteroatoms. The number of ether oxygens (including phenoxy) is 3. The number of esters is 3. The summed E-state index contributed by atoms with van der Waals surface area (Å²) in [5, 5.41) is 0. The summed E-state index contributed by atoms with van der Waals surface area (Å²) in [6, 6.07) is 23.6. The molecule has 0 saturated carbocycles. The Bertz CT molecular complexity index is 1270. The summed E-state index contributed by atoms with van der Waals surface area (Å²) >= 11 is 0. The molecule has 0 fully saturated rings. The third kappa shape index (κ3) is 12.6. The van der Waals surface area contributed by atoms with Crippen molar-refractivity contribution in [2.45, 2.75) is 59.3 Å². The van der Waals surface area contributed by atoms with Crippen LogP contribution in [0.1, 0.15) is 76.0 Å². The van der Waals surface area contributed by atoms with Gasteiger partial charge in [0, 0.05) is 35.3 Å². The Morgan fingerprint density at radius 1 is 0.478 bits per heavy atom. The van der Waals surface area contributed by atoms with Gasteiger partial charge in [0.2, 0.25) is 0 Å². The van der Waals surface area contributed by atoms with E-state index < -0.39 is 0 Å². The fourth-order valence-corrected chi connectivity index (χ4v) is 4.24. The maximum Gasteiger partial charge on any atom is 0.330 e. The second kappa shape index (κ2) is 20.2. The van der Waals surface area contributed by atoms with Gasteiger partial charge in [0.15, 0.2) is 0 Å². The number of benzene rings is 3.